The third kappa shape index (κ3) is 4.62. The molecular formula is C16H17NO3. The number of carbonyl (C=O) groups is 1. The van der Waals surface area contributed by atoms with Crippen molar-refractivity contribution < 1.29 is 14.6 Å². The molecule has 20 heavy (non-hydrogen) atoms. The molecule has 0 saturated heterocycles. The Kier molecular flexibility index (Phi) is 6.05. The lowest BCUT2D eigenvalue weighted by atomic mass is 9.97. The zero-order valence-electron chi connectivity index (χ0n) is 11.4. The van der Waals surface area contributed by atoms with Crippen molar-refractivity contribution in [3.05, 3.63) is 54.1 Å². The first-order valence-electron chi connectivity index (χ1n) is 6.22. The maximum Gasteiger partial charge on any atom is 0.307 e. The second-order valence-corrected chi connectivity index (χ2v) is 4.21. The number of hydrogen-bond acceptors (Lipinski definition) is 4. The molecule has 4 heteroatoms. The average molecular weight is 271 g/mol. The van der Waals surface area contributed by atoms with E-state index in [9.17, 15) is 9.90 Å². The standard InChI is InChI=1S/C16H17NO3/c1-3-12(4-2)11-20-16(19)9-14(10-17)13-5-7-15(18)8-6-13/h3-8,14,18H,1,9,11H2,2H3. The summed E-state index contributed by atoms with van der Waals surface area (Å²) in [7, 11) is 0. The van der Waals surface area contributed by atoms with Gasteiger partial charge in [-0.15, -0.1) is 0 Å². The molecule has 4 nitrogen and oxygen atoms in total. The van der Waals surface area contributed by atoms with Crippen LogP contribution in [-0.2, 0) is 9.53 Å². The van der Waals surface area contributed by atoms with Crippen molar-refractivity contribution in [2.75, 3.05) is 6.61 Å². The Bertz CT molecular complexity index is 538. The lowest BCUT2D eigenvalue weighted by Gasteiger charge is -2.10. The van der Waals surface area contributed by atoms with Gasteiger partial charge < -0.3 is 9.84 Å². The summed E-state index contributed by atoms with van der Waals surface area (Å²) >= 11 is 0. The van der Waals surface area contributed by atoms with Crippen molar-refractivity contribution >= 4 is 5.97 Å². The highest BCUT2D eigenvalue weighted by molar-refractivity contribution is 5.71. The maximum absolute atomic E-state index is 11.7. The van der Waals surface area contributed by atoms with Crippen molar-refractivity contribution in [2.45, 2.75) is 19.3 Å². The highest BCUT2D eigenvalue weighted by atomic mass is 16.5. The van der Waals surface area contributed by atoms with Crippen LogP contribution < -0.4 is 0 Å². The van der Waals surface area contributed by atoms with E-state index in [0.29, 0.717) is 5.56 Å². The average Bonchev–Trinajstić information content (AvgIpc) is 2.47. The molecule has 0 fully saturated rings. The number of aromatic hydroxyl groups is 1. The van der Waals surface area contributed by atoms with E-state index in [2.05, 4.69) is 12.6 Å². The van der Waals surface area contributed by atoms with Gasteiger partial charge in [0.1, 0.15) is 12.4 Å². The molecule has 0 radical (unpaired) electrons. The van der Waals surface area contributed by atoms with Crippen LogP contribution in [0.2, 0.25) is 0 Å². The second kappa shape index (κ2) is 7.80. The summed E-state index contributed by atoms with van der Waals surface area (Å²) in [5.74, 6) is -0.900. The smallest absolute Gasteiger partial charge is 0.307 e. The van der Waals surface area contributed by atoms with Gasteiger partial charge in [0.25, 0.3) is 0 Å². The number of ether oxygens (including phenoxy) is 1. The van der Waals surface area contributed by atoms with Crippen LogP contribution in [-0.4, -0.2) is 17.7 Å². The normalized spacial score (nSPS) is 12.3. The fraction of sp³-hybridized carbons (Fsp3) is 0.250. The number of allylic oxidation sites excluding steroid dienone is 1. The van der Waals surface area contributed by atoms with E-state index in [-0.39, 0.29) is 18.8 Å². The topological polar surface area (TPSA) is 70.3 Å². The first-order chi connectivity index (χ1) is 9.60. The molecule has 0 spiro atoms. The number of esters is 1. The first kappa shape index (κ1) is 15.5. The number of nitriles is 1. The van der Waals surface area contributed by atoms with Gasteiger partial charge >= 0.3 is 5.97 Å². The van der Waals surface area contributed by atoms with Gasteiger partial charge in [0, 0.05) is 0 Å². The van der Waals surface area contributed by atoms with Crippen LogP contribution in [0.5, 0.6) is 5.75 Å². The minimum atomic E-state index is -0.583. The molecule has 0 aromatic heterocycles. The molecule has 1 N–H and O–H groups in total. The Morgan fingerprint density at radius 1 is 1.50 bits per heavy atom. The van der Waals surface area contributed by atoms with E-state index in [0.717, 1.165) is 5.57 Å². The van der Waals surface area contributed by atoms with Gasteiger partial charge in [-0.25, -0.2) is 0 Å². The molecule has 0 aliphatic carbocycles. The van der Waals surface area contributed by atoms with Gasteiger partial charge in [0.2, 0.25) is 0 Å². The molecule has 1 rings (SSSR count). The lowest BCUT2D eigenvalue weighted by molar-refractivity contribution is -0.142. The van der Waals surface area contributed by atoms with Gasteiger partial charge in [0.15, 0.2) is 0 Å². The van der Waals surface area contributed by atoms with Crippen molar-refractivity contribution in [1.82, 2.24) is 0 Å². The van der Waals surface area contributed by atoms with Crippen molar-refractivity contribution in [1.29, 1.82) is 5.26 Å². The van der Waals surface area contributed by atoms with Crippen LogP contribution in [0.1, 0.15) is 24.8 Å². The van der Waals surface area contributed by atoms with Crippen molar-refractivity contribution in [3.8, 4) is 11.8 Å². The number of benzene rings is 1. The zero-order chi connectivity index (χ0) is 15.0. The second-order valence-electron chi connectivity index (χ2n) is 4.21. The Morgan fingerprint density at radius 3 is 2.65 bits per heavy atom. The highest BCUT2D eigenvalue weighted by Crippen LogP contribution is 2.21. The molecule has 0 aliphatic rings. The number of phenols is 1. The number of nitrogens with zero attached hydrogens (tertiary/aromatic N) is 1. The van der Waals surface area contributed by atoms with E-state index in [1.807, 2.05) is 13.0 Å². The molecule has 0 heterocycles. The van der Waals surface area contributed by atoms with Crippen LogP contribution in [0.3, 0.4) is 0 Å². The van der Waals surface area contributed by atoms with Crippen molar-refractivity contribution in [3.63, 3.8) is 0 Å². The number of phenolic OH excluding ortho intramolecular Hbond substituents is 1. The largest absolute Gasteiger partial charge is 0.508 e. The molecule has 1 aromatic rings. The first-order valence-corrected chi connectivity index (χ1v) is 6.22. The molecule has 0 bridgehead atoms. The van der Waals surface area contributed by atoms with Gasteiger partial charge in [-0.2, -0.15) is 5.26 Å². The summed E-state index contributed by atoms with van der Waals surface area (Å²) in [6.07, 6.45) is 3.41. The Labute approximate surface area is 118 Å². The third-order valence-electron chi connectivity index (χ3n) is 2.85. The predicted octanol–water partition coefficient (Wildman–Crippen LogP) is 3.06. The summed E-state index contributed by atoms with van der Waals surface area (Å²) in [5, 5.41) is 18.3. The van der Waals surface area contributed by atoms with E-state index < -0.39 is 11.9 Å². The molecule has 0 aliphatic heterocycles. The minimum absolute atomic E-state index is 0.0184. The Morgan fingerprint density at radius 2 is 2.15 bits per heavy atom. The van der Waals surface area contributed by atoms with Gasteiger partial charge in [0.05, 0.1) is 18.4 Å². The van der Waals surface area contributed by atoms with Gasteiger partial charge in [-0.1, -0.05) is 30.9 Å². The molecule has 0 saturated carbocycles. The number of hydrogen-bond donors (Lipinski definition) is 1. The Hall–Kier alpha value is -2.54. The third-order valence-corrected chi connectivity index (χ3v) is 2.85. The highest BCUT2D eigenvalue weighted by Gasteiger charge is 2.16. The summed E-state index contributed by atoms with van der Waals surface area (Å²) in [6, 6.07) is 8.29. The molecule has 104 valence electrons. The summed E-state index contributed by atoms with van der Waals surface area (Å²) in [4.78, 5) is 11.7. The van der Waals surface area contributed by atoms with Crippen molar-refractivity contribution in [2.24, 2.45) is 0 Å². The number of carbonyl (C=O) groups excluding carboxylic acids is 1. The lowest BCUT2D eigenvalue weighted by Crippen LogP contribution is -2.11. The molecule has 0 amide bonds. The van der Waals surface area contributed by atoms with Gasteiger partial charge in [-0.3, -0.25) is 4.79 Å². The van der Waals surface area contributed by atoms with E-state index in [4.69, 9.17) is 10.00 Å². The van der Waals surface area contributed by atoms with Crippen LogP contribution >= 0.6 is 0 Å². The minimum Gasteiger partial charge on any atom is -0.508 e. The zero-order valence-corrected chi connectivity index (χ0v) is 11.4. The van der Waals surface area contributed by atoms with Gasteiger partial charge in [-0.05, 0) is 30.2 Å². The van der Waals surface area contributed by atoms with Crippen LogP contribution in [0.15, 0.2) is 48.6 Å². The fourth-order valence-electron chi connectivity index (χ4n) is 1.59. The quantitative estimate of drug-likeness (QED) is 0.637. The van der Waals surface area contributed by atoms with E-state index in [1.165, 1.54) is 12.1 Å². The SMILES string of the molecule is C=CC(=CC)COC(=O)CC(C#N)c1ccc(O)cc1. The Balaban J connectivity index is 2.61. The molecular weight excluding hydrogens is 254 g/mol. The molecule has 1 unspecified atom stereocenters. The monoisotopic (exact) mass is 271 g/mol. The van der Waals surface area contributed by atoms with E-state index in [1.54, 1.807) is 18.2 Å². The maximum atomic E-state index is 11.7. The predicted molar refractivity (Wildman–Crippen MR) is 76.0 cm³/mol. The van der Waals surface area contributed by atoms with Crippen LogP contribution in [0, 0.1) is 11.3 Å². The summed E-state index contributed by atoms with van der Waals surface area (Å²) in [6.45, 7) is 5.60. The van der Waals surface area contributed by atoms with Crippen LogP contribution in [0.25, 0.3) is 0 Å². The summed E-state index contributed by atoms with van der Waals surface area (Å²) < 4.78 is 5.08. The number of rotatable bonds is 6. The molecule has 1 aromatic carbocycles. The molecule has 1 atom stereocenters. The van der Waals surface area contributed by atoms with E-state index >= 15 is 0 Å². The fourth-order valence-corrected chi connectivity index (χ4v) is 1.59. The summed E-state index contributed by atoms with van der Waals surface area (Å²) in [5.41, 5.74) is 1.49. The van der Waals surface area contributed by atoms with Crippen LogP contribution in [0.4, 0.5) is 0 Å².